The fourth-order valence-corrected chi connectivity index (χ4v) is 2.36. The summed E-state index contributed by atoms with van der Waals surface area (Å²) in [4.78, 5) is 15.0. The van der Waals surface area contributed by atoms with Crippen LogP contribution < -0.4 is 11.1 Å². The summed E-state index contributed by atoms with van der Waals surface area (Å²) in [5.74, 6) is 2.61. The van der Waals surface area contributed by atoms with E-state index in [-0.39, 0.29) is 11.8 Å². The zero-order chi connectivity index (χ0) is 17.4. The number of allylic oxidation sites excluding steroid dienone is 3. The van der Waals surface area contributed by atoms with Crippen molar-refractivity contribution in [2.75, 3.05) is 5.75 Å². The van der Waals surface area contributed by atoms with Gasteiger partial charge in [0.05, 0.1) is 11.8 Å². The zero-order valence-electron chi connectivity index (χ0n) is 13.4. The SMILES string of the molecule is C#C/C=C(C)\C=C(/C)C(O)NC(C)C1=NC(SCC(N)=O)N=N1. The van der Waals surface area contributed by atoms with Gasteiger partial charge >= 0.3 is 0 Å². The first-order valence-electron chi connectivity index (χ1n) is 6.97. The van der Waals surface area contributed by atoms with Crippen LogP contribution in [0.1, 0.15) is 20.8 Å². The van der Waals surface area contributed by atoms with Crippen LogP contribution >= 0.6 is 11.8 Å². The number of hydrogen-bond acceptors (Lipinski definition) is 7. The van der Waals surface area contributed by atoms with Gasteiger partial charge in [-0.15, -0.1) is 28.4 Å². The van der Waals surface area contributed by atoms with Crippen LogP contribution in [0, 0.1) is 12.3 Å². The molecule has 1 rings (SSSR count). The molecule has 0 saturated carbocycles. The number of hydrogen-bond donors (Lipinski definition) is 3. The molecule has 23 heavy (non-hydrogen) atoms. The number of carbonyl (C=O) groups is 1. The molecule has 0 aliphatic carbocycles. The quantitative estimate of drug-likeness (QED) is 0.351. The summed E-state index contributed by atoms with van der Waals surface area (Å²) >= 11 is 1.20. The molecule has 1 heterocycles. The van der Waals surface area contributed by atoms with E-state index in [0.29, 0.717) is 5.84 Å². The van der Waals surface area contributed by atoms with E-state index in [9.17, 15) is 9.90 Å². The van der Waals surface area contributed by atoms with Crippen molar-refractivity contribution in [3.8, 4) is 12.3 Å². The van der Waals surface area contributed by atoms with Gasteiger partial charge < -0.3 is 10.8 Å². The Kier molecular flexibility index (Phi) is 7.68. The molecule has 1 aliphatic rings. The van der Waals surface area contributed by atoms with Crippen LogP contribution in [-0.4, -0.2) is 40.4 Å². The maximum atomic E-state index is 10.7. The number of amidine groups is 1. The largest absolute Gasteiger partial charge is 0.375 e. The Morgan fingerprint density at radius 3 is 2.91 bits per heavy atom. The minimum Gasteiger partial charge on any atom is -0.375 e. The maximum absolute atomic E-state index is 10.7. The van der Waals surface area contributed by atoms with Crippen LogP contribution in [-0.2, 0) is 4.79 Å². The van der Waals surface area contributed by atoms with Crippen molar-refractivity contribution in [3.05, 3.63) is 23.3 Å². The van der Waals surface area contributed by atoms with Gasteiger partial charge in [0.25, 0.3) is 0 Å². The second kappa shape index (κ2) is 9.25. The molecule has 0 bridgehead atoms. The predicted molar refractivity (Wildman–Crippen MR) is 92.7 cm³/mol. The van der Waals surface area contributed by atoms with Gasteiger partial charge in [-0.1, -0.05) is 12.0 Å². The number of aliphatic hydroxyl groups is 1. The fraction of sp³-hybridized carbons (Fsp3) is 0.467. The molecule has 7 nitrogen and oxygen atoms in total. The van der Waals surface area contributed by atoms with Crippen molar-refractivity contribution in [2.45, 2.75) is 38.5 Å². The Morgan fingerprint density at radius 2 is 2.30 bits per heavy atom. The Balaban J connectivity index is 2.59. The van der Waals surface area contributed by atoms with Crippen molar-refractivity contribution in [2.24, 2.45) is 21.0 Å². The van der Waals surface area contributed by atoms with Crippen molar-refractivity contribution in [3.63, 3.8) is 0 Å². The van der Waals surface area contributed by atoms with Gasteiger partial charge in [-0.2, -0.15) is 0 Å². The first-order valence-corrected chi connectivity index (χ1v) is 8.02. The number of rotatable bonds is 8. The van der Waals surface area contributed by atoms with Crippen LogP contribution in [0.3, 0.4) is 0 Å². The van der Waals surface area contributed by atoms with Gasteiger partial charge in [-0.05, 0) is 38.0 Å². The van der Waals surface area contributed by atoms with Crippen LogP contribution in [0.2, 0.25) is 0 Å². The Morgan fingerprint density at radius 1 is 1.61 bits per heavy atom. The molecule has 4 N–H and O–H groups in total. The number of aliphatic imine (C=N–C) groups is 1. The summed E-state index contributed by atoms with van der Waals surface area (Å²) in [6, 6.07) is -0.298. The van der Waals surface area contributed by atoms with E-state index in [4.69, 9.17) is 12.2 Å². The van der Waals surface area contributed by atoms with Crippen LogP contribution in [0.25, 0.3) is 0 Å². The van der Waals surface area contributed by atoms with E-state index < -0.39 is 17.6 Å². The number of aliphatic hydroxyl groups excluding tert-OH is 1. The average Bonchev–Trinajstić information content (AvgIpc) is 2.94. The normalized spacial score (nSPS) is 20.8. The highest BCUT2D eigenvalue weighted by Crippen LogP contribution is 2.20. The summed E-state index contributed by atoms with van der Waals surface area (Å²) in [6.45, 7) is 5.47. The number of primary amides is 1. The number of thioether (sulfide) groups is 1. The summed E-state index contributed by atoms with van der Waals surface area (Å²) < 4.78 is 0. The molecule has 0 aromatic carbocycles. The molecular weight excluding hydrogens is 314 g/mol. The number of terminal acetylenes is 1. The molecule has 124 valence electrons. The molecule has 0 aromatic rings. The average molecular weight is 335 g/mol. The standard InChI is InChI=1S/C15H21N5O2S/c1-5-6-9(2)7-10(3)14(22)17-11(4)13-18-15(20-19-13)23-8-12(16)21/h1,6-7,11,14-15,17,22H,8H2,2-4H3,(H2,16,21)/b9-6-,10-7+. The van der Waals surface area contributed by atoms with Crippen molar-refractivity contribution < 1.29 is 9.90 Å². The van der Waals surface area contributed by atoms with Crippen LogP contribution in [0.4, 0.5) is 0 Å². The maximum Gasteiger partial charge on any atom is 0.227 e. The van der Waals surface area contributed by atoms with E-state index >= 15 is 0 Å². The van der Waals surface area contributed by atoms with Gasteiger partial charge in [0.2, 0.25) is 11.4 Å². The number of nitrogens with zero attached hydrogens (tertiary/aromatic N) is 3. The smallest absolute Gasteiger partial charge is 0.227 e. The first-order chi connectivity index (χ1) is 10.8. The Labute approximate surface area is 140 Å². The third kappa shape index (κ3) is 6.78. The number of azo groups is 1. The molecule has 0 radical (unpaired) electrons. The topological polar surface area (TPSA) is 112 Å². The van der Waals surface area contributed by atoms with Crippen molar-refractivity contribution >= 4 is 23.5 Å². The van der Waals surface area contributed by atoms with E-state index in [2.05, 4.69) is 26.5 Å². The lowest BCUT2D eigenvalue weighted by Gasteiger charge is -2.18. The molecule has 8 heteroatoms. The number of carbonyl (C=O) groups excluding carboxylic acids is 1. The van der Waals surface area contributed by atoms with Gasteiger partial charge in [-0.25, -0.2) is 4.99 Å². The molecule has 3 atom stereocenters. The highest BCUT2D eigenvalue weighted by molar-refractivity contribution is 8.00. The van der Waals surface area contributed by atoms with Gasteiger partial charge in [0.1, 0.15) is 6.23 Å². The third-order valence-electron chi connectivity index (χ3n) is 2.87. The Hall–Kier alpha value is -1.95. The van der Waals surface area contributed by atoms with E-state index in [1.54, 1.807) is 19.1 Å². The Bertz CT molecular complexity index is 603. The first kappa shape index (κ1) is 19.1. The highest BCUT2D eigenvalue weighted by Gasteiger charge is 2.22. The minimum atomic E-state index is -0.860. The minimum absolute atomic E-state index is 0.132. The molecule has 3 unspecified atom stereocenters. The fourth-order valence-electron chi connectivity index (χ4n) is 1.75. The van der Waals surface area contributed by atoms with Gasteiger partial charge in [0.15, 0.2) is 5.84 Å². The molecule has 1 amide bonds. The van der Waals surface area contributed by atoms with E-state index in [0.717, 1.165) is 11.1 Å². The summed E-state index contributed by atoms with van der Waals surface area (Å²) in [5, 5.41) is 21.0. The molecule has 1 aliphatic heterocycles. The third-order valence-corrected chi connectivity index (χ3v) is 3.82. The monoisotopic (exact) mass is 335 g/mol. The van der Waals surface area contributed by atoms with Gasteiger partial charge in [0, 0.05) is 0 Å². The van der Waals surface area contributed by atoms with E-state index in [1.807, 2.05) is 13.8 Å². The second-order valence-corrected chi connectivity index (χ2v) is 6.08. The summed E-state index contributed by atoms with van der Waals surface area (Å²) in [6.07, 6.45) is 7.76. The van der Waals surface area contributed by atoms with Crippen molar-refractivity contribution in [1.82, 2.24) is 5.32 Å². The van der Waals surface area contributed by atoms with E-state index in [1.165, 1.54) is 11.8 Å². The molecular formula is C15H21N5O2S. The lowest BCUT2D eigenvalue weighted by atomic mass is 10.1. The molecule has 0 spiro atoms. The van der Waals surface area contributed by atoms with Crippen LogP contribution in [0.15, 0.2) is 38.5 Å². The lowest BCUT2D eigenvalue weighted by molar-refractivity contribution is -0.115. The second-order valence-electron chi connectivity index (χ2n) is 5.04. The zero-order valence-corrected chi connectivity index (χ0v) is 14.2. The molecule has 0 fully saturated rings. The molecule has 0 saturated heterocycles. The van der Waals surface area contributed by atoms with Gasteiger partial charge in [-0.3, -0.25) is 10.1 Å². The summed E-state index contributed by atoms with van der Waals surface area (Å²) in [5.41, 5.74) is 6.21. The highest BCUT2D eigenvalue weighted by atomic mass is 32.2. The van der Waals surface area contributed by atoms with Crippen LogP contribution in [0.5, 0.6) is 0 Å². The van der Waals surface area contributed by atoms with Crippen molar-refractivity contribution in [1.29, 1.82) is 0 Å². The molecule has 0 aromatic heterocycles. The predicted octanol–water partition coefficient (Wildman–Crippen LogP) is 1.18. The summed E-state index contributed by atoms with van der Waals surface area (Å²) in [7, 11) is 0. The lowest BCUT2D eigenvalue weighted by Crippen LogP contribution is -2.41. The number of amides is 1. The number of nitrogens with one attached hydrogen (secondary N) is 1. The number of nitrogens with two attached hydrogens (primary N) is 1.